The second-order valence-electron chi connectivity index (χ2n) is 6.52. The molecular weight excluding hydrogens is 373 g/mol. The first kappa shape index (κ1) is 18.7. The van der Waals surface area contributed by atoms with Gasteiger partial charge in [0.25, 0.3) is 11.8 Å². The molecule has 7 heteroatoms. The van der Waals surface area contributed by atoms with E-state index in [4.69, 9.17) is 23.2 Å². The van der Waals surface area contributed by atoms with E-state index >= 15 is 0 Å². The molecule has 0 atom stereocenters. The Balaban J connectivity index is 1.74. The highest BCUT2D eigenvalue weighted by Crippen LogP contribution is 2.23. The SMILES string of the molecule is CC1CCN(C(=O)c2cc(C(=O)Nc3cc(Cl)cc(Cl)c3)ccn2)CC1. The summed E-state index contributed by atoms with van der Waals surface area (Å²) < 4.78 is 0. The number of nitrogens with zero attached hydrogens (tertiary/aromatic N) is 2. The van der Waals surface area contributed by atoms with Crippen molar-refractivity contribution in [1.82, 2.24) is 9.88 Å². The molecule has 0 saturated carbocycles. The normalized spacial score (nSPS) is 15.0. The van der Waals surface area contributed by atoms with Gasteiger partial charge in [0.1, 0.15) is 5.69 Å². The number of aromatic nitrogens is 1. The van der Waals surface area contributed by atoms with Crippen LogP contribution in [-0.2, 0) is 0 Å². The molecule has 1 saturated heterocycles. The molecule has 1 aromatic heterocycles. The Hall–Kier alpha value is -2.11. The number of hydrogen-bond acceptors (Lipinski definition) is 3. The van der Waals surface area contributed by atoms with E-state index in [1.54, 1.807) is 29.2 Å². The predicted octanol–water partition coefficient (Wildman–Crippen LogP) is 4.51. The number of rotatable bonds is 3. The molecule has 136 valence electrons. The lowest BCUT2D eigenvalue weighted by atomic mass is 9.99. The van der Waals surface area contributed by atoms with Crippen LogP contribution < -0.4 is 5.32 Å². The fraction of sp³-hybridized carbons (Fsp3) is 0.316. The van der Waals surface area contributed by atoms with Crippen molar-refractivity contribution in [2.24, 2.45) is 5.92 Å². The Morgan fingerprint density at radius 3 is 2.42 bits per heavy atom. The Morgan fingerprint density at radius 1 is 1.12 bits per heavy atom. The molecule has 26 heavy (non-hydrogen) atoms. The van der Waals surface area contributed by atoms with Gasteiger partial charge in [-0.1, -0.05) is 30.1 Å². The molecule has 1 aliphatic rings. The fourth-order valence-corrected chi connectivity index (χ4v) is 3.42. The van der Waals surface area contributed by atoms with Crippen LogP contribution in [0.25, 0.3) is 0 Å². The first-order chi connectivity index (χ1) is 12.4. The largest absolute Gasteiger partial charge is 0.337 e. The number of carbonyl (C=O) groups is 2. The van der Waals surface area contributed by atoms with Crippen molar-refractivity contribution in [3.05, 3.63) is 57.8 Å². The van der Waals surface area contributed by atoms with Gasteiger partial charge in [0.15, 0.2) is 0 Å². The Morgan fingerprint density at radius 2 is 1.77 bits per heavy atom. The molecule has 0 aliphatic carbocycles. The maximum atomic E-state index is 12.6. The molecule has 0 spiro atoms. The van der Waals surface area contributed by atoms with Crippen LogP contribution in [0.4, 0.5) is 5.69 Å². The van der Waals surface area contributed by atoms with E-state index in [9.17, 15) is 9.59 Å². The number of halogens is 2. The molecule has 0 unspecified atom stereocenters. The lowest BCUT2D eigenvalue weighted by Crippen LogP contribution is -2.38. The van der Waals surface area contributed by atoms with Crippen molar-refractivity contribution in [3.63, 3.8) is 0 Å². The molecule has 0 radical (unpaired) electrons. The molecule has 3 rings (SSSR count). The lowest BCUT2D eigenvalue weighted by Gasteiger charge is -2.30. The van der Waals surface area contributed by atoms with Crippen molar-refractivity contribution in [2.45, 2.75) is 19.8 Å². The molecule has 5 nitrogen and oxygen atoms in total. The molecule has 2 heterocycles. The van der Waals surface area contributed by atoms with Crippen LogP contribution in [0.5, 0.6) is 0 Å². The molecular formula is C19H19Cl2N3O2. The minimum Gasteiger partial charge on any atom is -0.337 e. The first-order valence-electron chi connectivity index (χ1n) is 8.45. The summed E-state index contributed by atoms with van der Waals surface area (Å²) in [6.07, 6.45) is 3.45. The Kier molecular flexibility index (Phi) is 5.79. The zero-order valence-electron chi connectivity index (χ0n) is 14.3. The van der Waals surface area contributed by atoms with Gasteiger partial charge in [-0.25, -0.2) is 0 Å². The standard InChI is InChI=1S/C19H19Cl2N3O2/c1-12-3-6-24(7-4-12)19(26)17-8-13(2-5-22-17)18(25)23-16-10-14(20)9-15(21)11-16/h2,5,8-12H,3-4,6-7H2,1H3,(H,23,25). The van der Waals surface area contributed by atoms with E-state index in [0.29, 0.717) is 27.2 Å². The number of carbonyl (C=O) groups excluding carboxylic acids is 2. The number of benzene rings is 1. The van der Waals surface area contributed by atoms with Crippen molar-refractivity contribution in [1.29, 1.82) is 0 Å². The highest BCUT2D eigenvalue weighted by molar-refractivity contribution is 6.35. The number of likely N-dealkylation sites (tertiary alicyclic amines) is 1. The van der Waals surface area contributed by atoms with Gasteiger partial charge in [-0.05, 0) is 49.1 Å². The van der Waals surface area contributed by atoms with E-state index < -0.39 is 0 Å². The van der Waals surface area contributed by atoms with Crippen LogP contribution in [0.3, 0.4) is 0 Å². The summed E-state index contributed by atoms with van der Waals surface area (Å²) in [6, 6.07) is 7.88. The van der Waals surface area contributed by atoms with Gasteiger partial charge in [-0.2, -0.15) is 0 Å². The molecule has 1 aromatic carbocycles. The van der Waals surface area contributed by atoms with Crippen molar-refractivity contribution >= 4 is 40.7 Å². The predicted molar refractivity (Wildman–Crippen MR) is 103 cm³/mol. The molecule has 0 bridgehead atoms. The van der Waals surface area contributed by atoms with Crippen molar-refractivity contribution < 1.29 is 9.59 Å². The molecule has 1 aliphatic heterocycles. The Labute approximate surface area is 162 Å². The lowest BCUT2D eigenvalue weighted by molar-refractivity contribution is 0.0691. The second-order valence-corrected chi connectivity index (χ2v) is 7.39. The van der Waals surface area contributed by atoms with Crippen molar-refractivity contribution in [2.75, 3.05) is 18.4 Å². The minimum absolute atomic E-state index is 0.141. The number of piperidine rings is 1. The number of nitrogens with one attached hydrogen (secondary N) is 1. The third-order valence-electron chi connectivity index (χ3n) is 4.43. The third kappa shape index (κ3) is 4.54. The number of pyridine rings is 1. The summed E-state index contributed by atoms with van der Waals surface area (Å²) >= 11 is 11.9. The average molecular weight is 392 g/mol. The van der Waals surface area contributed by atoms with Crippen LogP contribution in [0.1, 0.15) is 40.6 Å². The van der Waals surface area contributed by atoms with E-state index in [1.807, 2.05) is 0 Å². The summed E-state index contributed by atoms with van der Waals surface area (Å²) in [6.45, 7) is 3.63. The van der Waals surface area contributed by atoms with Crippen LogP contribution in [-0.4, -0.2) is 34.8 Å². The second kappa shape index (κ2) is 8.06. The van der Waals surface area contributed by atoms with E-state index in [0.717, 1.165) is 25.9 Å². The molecule has 2 aromatic rings. The highest BCUT2D eigenvalue weighted by atomic mass is 35.5. The molecule has 2 amide bonds. The topological polar surface area (TPSA) is 62.3 Å². The average Bonchev–Trinajstić information content (AvgIpc) is 2.61. The highest BCUT2D eigenvalue weighted by Gasteiger charge is 2.23. The summed E-state index contributed by atoms with van der Waals surface area (Å²) in [4.78, 5) is 31.0. The summed E-state index contributed by atoms with van der Waals surface area (Å²) in [5.74, 6) is 0.137. The van der Waals surface area contributed by atoms with Gasteiger partial charge in [-0.15, -0.1) is 0 Å². The van der Waals surface area contributed by atoms with E-state index in [1.165, 1.54) is 12.3 Å². The van der Waals surface area contributed by atoms with Crippen LogP contribution in [0, 0.1) is 5.92 Å². The van der Waals surface area contributed by atoms with Crippen LogP contribution >= 0.6 is 23.2 Å². The first-order valence-corrected chi connectivity index (χ1v) is 9.21. The summed E-state index contributed by atoms with van der Waals surface area (Å²) in [5, 5.41) is 3.59. The van der Waals surface area contributed by atoms with E-state index in [2.05, 4.69) is 17.2 Å². The maximum Gasteiger partial charge on any atom is 0.272 e. The monoisotopic (exact) mass is 391 g/mol. The van der Waals surface area contributed by atoms with Gasteiger partial charge in [0.05, 0.1) is 0 Å². The minimum atomic E-state index is -0.355. The van der Waals surface area contributed by atoms with Gasteiger partial charge in [0.2, 0.25) is 0 Å². The fourth-order valence-electron chi connectivity index (χ4n) is 2.89. The smallest absolute Gasteiger partial charge is 0.272 e. The zero-order chi connectivity index (χ0) is 18.7. The number of hydrogen-bond donors (Lipinski definition) is 1. The molecule has 1 N–H and O–H groups in total. The van der Waals surface area contributed by atoms with E-state index in [-0.39, 0.29) is 17.5 Å². The summed E-state index contributed by atoms with van der Waals surface area (Å²) in [7, 11) is 0. The van der Waals surface area contributed by atoms with Crippen molar-refractivity contribution in [3.8, 4) is 0 Å². The Bertz CT molecular complexity index is 813. The van der Waals surface area contributed by atoms with Gasteiger partial charge in [-0.3, -0.25) is 14.6 Å². The van der Waals surface area contributed by atoms with Gasteiger partial charge < -0.3 is 10.2 Å². The van der Waals surface area contributed by atoms with Gasteiger partial charge in [0, 0.05) is 40.6 Å². The third-order valence-corrected chi connectivity index (χ3v) is 4.87. The van der Waals surface area contributed by atoms with Crippen LogP contribution in [0.15, 0.2) is 36.5 Å². The van der Waals surface area contributed by atoms with Gasteiger partial charge >= 0.3 is 0 Å². The quantitative estimate of drug-likeness (QED) is 0.836. The number of anilines is 1. The maximum absolute atomic E-state index is 12.6. The number of amides is 2. The van der Waals surface area contributed by atoms with Crippen LogP contribution in [0.2, 0.25) is 10.0 Å². The summed E-state index contributed by atoms with van der Waals surface area (Å²) in [5.41, 5.74) is 1.11. The molecule has 1 fully saturated rings. The zero-order valence-corrected chi connectivity index (χ0v) is 15.8.